The van der Waals surface area contributed by atoms with Gasteiger partial charge in [0.05, 0.1) is 6.42 Å². The maximum atomic E-state index is 12.3. The molecule has 1 amide bonds. The molecule has 1 saturated heterocycles. The second-order valence-corrected chi connectivity index (χ2v) is 5.16. The summed E-state index contributed by atoms with van der Waals surface area (Å²) in [5.74, 6) is 0.235. The van der Waals surface area contributed by atoms with Gasteiger partial charge in [-0.05, 0) is 30.0 Å². The molecule has 0 aliphatic carbocycles. The molecule has 3 heteroatoms. The number of pyridine rings is 1. The molecule has 2 heterocycles. The van der Waals surface area contributed by atoms with Gasteiger partial charge in [-0.15, -0.1) is 0 Å². The minimum atomic E-state index is 0.235. The van der Waals surface area contributed by atoms with Crippen LogP contribution in [-0.4, -0.2) is 28.9 Å². The van der Waals surface area contributed by atoms with E-state index < -0.39 is 0 Å². The summed E-state index contributed by atoms with van der Waals surface area (Å²) in [5.41, 5.74) is 3.25. The van der Waals surface area contributed by atoms with Crippen LogP contribution in [0.2, 0.25) is 0 Å². The van der Waals surface area contributed by atoms with Crippen LogP contribution in [0.15, 0.2) is 48.8 Å². The van der Waals surface area contributed by atoms with E-state index in [1.807, 2.05) is 41.4 Å². The summed E-state index contributed by atoms with van der Waals surface area (Å²) in [4.78, 5) is 18.4. The summed E-state index contributed by atoms with van der Waals surface area (Å²) in [5, 5.41) is 0. The molecule has 1 aromatic heterocycles. The van der Waals surface area contributed by atoms with E-state index in [-0.39, 0.29) is 5.91 Å². The highest BCUT2D eigenvalue weighted by Gasteiger charge is 2.19. The Hall–Kier alpha value is -2.16. The molecular formula is C17H18N2O. The van der Waals surface area contributed by atoms with Crippen molar-refractivity contribution in [1.29, 1.82) is 0 Å². The van der Waals surface area contributed by atoms with E-state index >= 15 is 0 Å². The summed E-state index contributed by atoms with van der Waals surface area (Å²) in [7, 11) is 0. The third-order valence-corrected chi connectivity index (χ3v) is 3.79. The largest absolute Gasteiger partial charge is 0.342 e. The maximum absolute atomic E-state index is 12.3. The van der Waals surface area contributed by atoms with Crippen LogP contribution in [0.4, 0.5) is 0 Å². The molecule has 1 aromatic carbocycles. The Bertz CT molecular complexity index is 589. The monoisotopic (exact) mass is 266 g/mol. The van der Waals surface area contributed by atoms with Crippen molar-refractivity contribution < 1.29 is 4.79 Å². The predicted octanol–water partition coefficient (Wildman–Crippen LogP) is 2.91. The van der Waals surface area contributed by atoms with Gasteiger partial charge in [-0.3, -0.25) is 9.78 Å². The van der Waals surface area contributed by atoms with Crippen LogP contribution >= 0.6 is 0 Å². The van der Waals surface area contributed by atoms with Gasteiger partial charge in [0, 0.05) is 31.0 Å². The van der Waals surface area contributed by atoms with Gasteiger partial charge in [-0.25, -0.2) is 0 Å². The minimum Gasteiger partial charge on any atom is -0.342 e. The third kappa shape index (κ3) is 2.72. The fourth-order valence-electron chi connectivity index (χ4n) is 2.72. The molecule has 3 nitrogen and oxygen atoms in total. The van der Waals surface area contributed by atoms with E-state index in [4.69, 9.17) is 0 Å². The number of carbonyl (C=O) groups is 1. The molecule has 0 radical (unpaired) electrons. The van der Waals surface area contributed by atoms with Crippen molar-refractivity contribution in [3.8, 4) is 11.1 Å². The molecule has 0 bridgehead atoms. The second kappa shape index (κ2) is 5.87. The molecule has 0 saturated carbocycles. The lowest BCUT2D eigenvalue weighted by Crippen LogP contribution is -2.29. The Balaban J connectivity index is 1.85. The smallest absolute Gasteiger partial charge is 0.227 e. The molecule has 1 fully saturated rings. The normalized spacial score (nSPS) is 14.5. The number of likely N-dealkylation sites (tertiary alicyclic amines) is 1. The lowest BCUT2D eigenvalue weighted by atomic mass is 9.98. The topological polar surface area (TPSA) is 33.2 Å². The average Bonchev–Trinajstić information content (AvgIpc) is 3.03. The van der Waals surface area contributed by atoms with Crippen LogP contribution in [0.3, 0.4) is 0 Å². The van der Waals surface area contributed by atoms with Gasteiger partial charge in [-0.2, -0.15) is 0 Å². The predicted molar refractivity (Wildman–Crippen MR) is 79.2 cm³/mol. The first kappa shape index (κ1) is 12.9. The number of rotatable bonds is 3. The summed E-state index contributed by atoms with van der Waals surface area (Å²) in [6.07, 6.45) is 6.36. The number of amides is 1. The number of benzene rings is 1. The summed E-state index contributed by atoms with van der Waals surface area (Å²) >= 11 is 0. The first-order valence-corrected chi connectivity index (χ1v) is 7.11. The zero-order valence-electron chi connectivity index (χ0n) is 11.5. The molecule has 2 aromatic rings. The molecule has 0 unspecified atom stereocenters. The maximum Gasteiger partial charge on any atom is 0.227 e. The van der Waals surface area contributed by atoms with Crippen LogP contribution in [0.25, 0.3) is 11.1 Å². The van der Waals surface area contributed by atoms with Crippen molar-refractivity contribution in [2.75, 3.05) is 13.1 Å². The standard InChI is InChI=1S/C17H18N2O/c20-17(19-10-3-4-11-19)12-14-6-1-2-8-16(14)15-7-5-9-18-13-15/h1-2,5-9,13H,3-4,10-12H2. The van der Waals surface area contributed by atoms with Gasteiger partial charge in [0.2, 0.25) is 5.91 Å². The number of hydrogen-bond acceptors (Lipinski definition) is 2. The van der Waals surface area contributed by atoms with Gasteiger partial charge < -0.3 is 4.90 Å². The first-order chi connectivity index (χ1) is 9.84. The van der Waals surface area contributed by atoms with E-state index in [2.05, 4.69) is 11.1 Å². The highest BCUT2D eigenvalue weighted by atomic mass is 16.2. The summed E-state index contributed by atoms with van der Waals surface area (Å²) in [6.45, 7) is 1.82. The van der Waals surface area contributed by atoms with Crippen molar-refractivity contribution in [2.24, 2.45) is 0 Å². The van der Waals surface area contributed by atoms with Gasteiger partial charge >= 0.3 is 0 Å². The van der Waals surface area contributed by atoms with E-state index in [0.717, 1.165) is 42.6 Å². The SMILES string of the molecule is O=C(Cc1ccccc1-c1cccnc1)N1CCCC1. The van der Waals surface area contributed by atoms with Gasteiger partial charge in [0.25, 0.3) is 0 Å². The van der Waals surface area contributed by atoms with Crippen molar-refractivity contribution in [2.45, 2.75) is 19.3 Å². The van der Waals surface area contributed by atoms with Crippen LogP contribution in [0.5, 0.6) is 0 Å². The minimum absolute atomic E-state index is 0.235. The molecule has 3 rings (SSSR count). The molecule has 1 aliphatic rings. The fourth-order valence-corrected chi connectivity index (χ4v) is 2.72. The Morgan fingerprint density at radius 3 is 2.65 bits per heavy atom. The number of hydrogen-bond donors (Lipinski definition) is 0. The van der Waals surface area contributed by atoms with Crippen molar-refractivity contribution in [1.82, 2.24) is 9.88 Å². The summed E-state index contributed by atoms with van der Waals surface area (Å²) in [6, 6.07) is 12.1. The fraction of sp³-hybridized carbons (Fsp3) is 0.294. The highest BCUT2D eigenvalue weighted by Crippen LogP contribution is 2.24. The second-order valence-electron chi connectivity index (χ2n) is 5.16. The van der Waals surface area contributed by atoms with Crippen LogP contribution in [0, 0.1) is 0 Å². The van der Waals surface area contributed by atoms with Gasteiger partial charge in [-0.1, -0.05) is 30.3 Å². The first-order valence-electron chi connectivity index (χ1n) is 7.11. The van der Waals surface area contributed by atoms with Crippen LogP contribution in [-0.2, 0) is 11.2 Å². The van der Waals surface area contributed by atoms with Gasteiger partial charge in [0.1, 0.15) is 0 Å². The molecule has 102 valence electrons. The molecule has 0 spiro atoms. The number of nitrogens with zero attached hydrogens (tertiary/aromatic N) is 2. The van der Waals surface area contributed by atoms with E-state index in [0.29, 0.717) is 6.42 Å². The third-order valence-electron chi connectivity index (χ3n) is 3.79. The lowest BCUT2D eigenvalue weighted by molar-refractivity contribution is -0.129. The Morgan fingerprint density at radius 1 is 1.10 bits per heavy atom. The van der Waals surface area contributed by atoms with Crippen LogP contribution in [0.1, 0.15) is 18.4 Å². The highest BCUT2D eigenvalue weighted by molar-refractivity contribution is 5.82. The van der Waals surface area contributed by atoms with Gasteiger partial charge in [0.15, 0.2) is 0 Å². The van der Waals surface area contributed by atoms with E-state index in [9.17, 15) is 4.79 Å². The van der Waals surface area contributed by atoms with E-state index in [1.165, 1.54) is 0 Å². The number of aromatic nitrogens is 1. The lowest BCUT2D eigenvalue weighted by Gasteiger charge is -2.16. The Morgan fingerprint density at radius 2 is 1.90 bits per heavy atom. The zero-order valence-corrected chi connectivity index (χ0v) is 11.5. The Kier molecular flexibility index (Phi) is 3.77. The van der Waals surface area contributed by atoms with E-state index in [1.54, 1.807) is 6.20 Å². The van der Waals surface area contributed by atoms with Crippen molar-refractivity contribution in [3.63, 3.8) is 0 Å². The molecule has 0 atom stereocenters. The van der Waals surface area contributed by atoms with Crippen molar-refractivity contribution >= 4 is 5.91 Å². The molecule has 1 aliphatic heterocycles. The molecular weight excluding hydrogens is 248 g/mol. The summed E-state index contributed by atoms with van der Waals surface area (Å²) < 4.78 is 0. The number of carbonyl (C=O) groups excluding carboxylic acids is 1. The van der Waals surface area contributed by atoms with Crippen molar-refractivity contribution in [3.05, 3.63) is 54.4 Å². The van der Waals surface area contributed by atoms with Crippen LogP contribution < -0.4 is 0 Å². The Labute approximate surface area is 119 Å². The molecule has 0 N–H and O–H groups in total. The molecule has 20 heavy (non-hydrogen) atoms. The average molecular weight is 266 g/mol. The quantitative estimate of drug-likeness (QED) is 0.855. The zero-order chi connectivity index (χ0) is 13.8.